The summed E-state index contributed by atoms with van der Waals surface area (Å²) in [4.78, 5) is 0. The molecule has 19 heavy (non-hydrogen) atoms. The van der Waals surface area contributed by atoms with Crippen LogP contribution in [0.1, 0.15) is 28.3 Å². The first-order valence-corrected chi connectivity index (χ1v) is 7.01. The minimum absolute atomic E-state index is 0.0665. The first-order valence-electron chi connectivity index (χ1n) is 6.21. The molecule has 3 heteroatoms. The highest BCUT2D eigenvalue weighted by Gasteiger charge is 2.15. The third kappa shape index (κ3) is 3.23. The van der Waals surface area contributed by atoms with Crippen molar-refractivity contribution in [3.05, 3.63) is 68.9 Å². The molecule has 0 aromatic heterocycles. The molecule has 0 aliphatic carbocycles. The van der Waals surface area contributed by atoms with Crippen LogP contribution < -0.4 is 5.32 Å². The molecule has 2 aromatic carbocycles. The van der Waals surface area contributed by atoms with Crippen LogP contribution >= 0.6 is 15.9 Å². The molecule has 2 rings (SSSR count). The van der Waals surface area contributed by atoms with Crippen molar-refractivity contribution in [3.63, 3.8) is 0 Å². The van der Waals surface area contributed by atoms with Crippen molar-refractivity contribution >= 4 is 15.9 Å². The van der Waals surface area contributed by atoms with Gasteiger partial charge in [-0.1, -0.05) is 28.1 Å². The second-order valence-corrected chi connectivity index (χ2v) is 5.70. The zero-order valence-corrected chi connectivity index (χ0v) is 12.9. The predicted molar refractivity (Wildman–Crippen MR) is 80.9 cm³/mol. The molecule has 1 atom stereocenters. The van der Waals surface area contributed by atoms with Gasteiger partial charge >= 0.3 is 0 Å². The normalized spacial score (nSPS) is 12.5. The predicted octanol–water partition coefficient (Wildman–Crippen LogP) is 4.51. The zero-order valence-electron chi connectivity index (χ0n) is 11.3. The lowest BCUT2D eigenvalue weighted by Crippen LogP contribution is -2.19. The summed E-state index contributed by atoms with van der Waals surface area (Å²) in [5.41, 5.74) is 4.42. The van der Waals surface area contributed by atoms with Crippen molar-refractivity contribution in [3.8, 4) is 0 Å². The summed E-state index contributed by atoms with van der Waals surface area (Å²) in [6, 6.07) is 11.3. The van der Waals surface area contributed by atoms with E-state index < -0.39 is 0 Å². The van der Waals surface area contributed by atoms with Gasteiger partial charge in [0.25, 0.3) is 0 Å². The van der Waals surface area contributed by atoms with Gasteiger partial charge in [-0.25, -0.2) is 4.39 Å². The van der Waals surface area contributed by atoms with Crippen LogP contribution in [-0.4, -0.2) is 7.05 Å². The molecule has 0 aliphatic rings. The molecule has 0 saturated heterocycles. The van der Waals surface area contributed by atoms with Crippen LogP contribution in [0.25, 0.3) is 0 Å². The number of nitrogens with one attached hydrogen (secondary N) is 1. The molecule has 0 bridgehead atoms. The maximum Gasteiger partial charge on any atom is 0.123 e. The van der Waals surface area contributed by atoms with E-state index >= 15 is 0 Å². The van der Waals surface area contributed by atoms with Gasteiger partial charge in [-0.3, -0.25) is 0 Å². The smallest absolute Gasteiger partial charge is 0.123 e. The van der Waals surface area contributed by atoms with E-state index in [-0.39, 0.29) is 11.9 Å². The first-order chi connectivity index (χ1) is 9.01. The molecule has 0 aliphatic heterocycles. The maximum absolute atomic E-state index is 13.2. The Morgan fingerprint density at radius 2 is 1.84 bits per heavy atom. The highest BCUT2D eigenvalue weighted by Crippen LogP contribution is 2.28. The van der Waals surface area contributed by atoms with Crippen molar-refractivity contribution < 1.29 is 4.39 Å². The van der Waals surface area contributed by atoms with Crippen molar-refractivity contribution in [2.24, 2.45) is 0 Å². The van der Waals surface area contributed by atoms with Crippen LogP contribution in [0.15, 0.2) is 40.9 Å². The zero-order chi connectivity index (χ0) is 14.0. The molecule has 0 radical (unpaired) electrons. The van der Waals surface area contributed by atoms with E-state index in [1.54, 1.807) is 6.07 Å². The van der Waals surface area contributed by atoms with Gasteiger partial charge in [-0.05, 0) is 67.4 Å². The summed E-state index contributed by atoms with van der Waals surface area (Å²) in [6.07, 6.45) is 0. The SMILES string of the molecule is CNC(c1cc(C)cc(Br)c1)c1ccc(F)cc1C. The van der Waals surface area contributed by atoms with Crippen LogP contribution in [-0.2, 0) is 0 Å². The second kappa shape index (κ2) is 5.85. The molecule has 2 aromatic rings. The van der Waals surface area contributed by atoms with Crippen LogP contribution in [0.3, 0.4) is 0 Å². The minimum atomic E-state index is -0.193. The molecule has 0 fully saturated rings. The Labute approximate surface area is 122 Å². The summed E-state index contributed by atoms with van der Waals surface area (Å²) in [6.45, 7) is 4.01. The van der Waals surface area contributed by atoms with Gasteiger partial charge in [0.2, 0.25) is 0 Å². The van der Waals surface area contributed by atoms with E-state index in [0.29, 0.717) is 0 Å². The lowest BCUT2D eigenvalue weighted by molar-refractivity contribution is 0.621. The number of benzene rings is 2. The highest BCUT2D eigenvalue weighted by atomic mass is 79.9. The summed E-state index contributed by atoms with van der Waals surface area (Å²) < 4.78 is 14.3. The fraction of sp³-hybridized carbons (Fsp3) is 0.250. The third-order valence-corrected chi connectivity index (χ3v) is 3.69. The number of hydrogen-bond donors (Lipinski definition) is 1. The van der Waals surface area contributed by atoms with Gasteiger partial charge < -0.3 is 5.32 Å². The van der Waals surface area contributed by atoms with Gasteiger partial charge in [0.05, 0.1) is 6.04 Å². The number of rotatable bonds is 3. The number of hydrogen-bond acceptors (Lipinski definition) is 1. The quantitative estimate of drug-likeness (QED) is 0.876. The topological polar surface area (TPSA) is 12.0 Å². The Morgan fingerprint density at radius 3 is 2.42 bits per heavy atom. The molecule has 0 saturated carbocycles. The average Bonchev–Trinajstić information content (AvgIpc) is 2.31. The molecule has 0 spiro atoms. The molecule has 1 N–H and O–H groups in total. The number of aryl methyl sites for hydroxylation is 2. The molecular formula is C16H17BrFN. The van der Waals surface area contributed by atoms with Crippen LogP contribution in [0.2, 0.25) is 0 Å². The van der Waals surface area contributed by atoms with Crippen LogP contribution in [0, 0.1) is 19.7 Å². The van der Waals surface area contributed by atoms with Gasteiger partial charge in [-0.15, -0.1) is 0 Å². The molecule has 0 amide bonds. The lowest BCUT2D eigenvalue weighted by atomic mass is 9.94. The van der Waals surface area contributed by atoms with E-state index in [9.17, 15) is 4.39 Å². The highest BCUT2D eigenvalue weighted by molar-refractivity contribution is 9.10. The molecule has 1 unspecified atom stereocenters. The van der Waals surface area contributed by atoms with Crippen molar-refractivity contribution in [2.75, 3.05) is 7.05 Å². The summed E-state index contributed by atoms with van der Waals surface area (Å²) >= 11 is 3.53. The molecular weight excluding hydrogens is 305 g/mol. The molecule has 100 valence electrons. The van der Waals surface area contributed by atoms with Gasteiger partial charge in [0, 0.05) is 4.47 Å². The van der Waals surface area contributed by atoms with Crippen molar-refractivity contribution in [1.82, 2.24) is 5.32 Å². The standard InChI is InChI=1S/C16H17BrFN/c1-10-6-12(9-13(17)7-10)16(19-3)15-5-4-14(18)8-11(15)2/h4-9,16,19H,1-3H3. The van der Waals surface area contributed by atoms with E-state index in [2.05, 4.69) is 46.4 Å². The van der Waals surface area contributed by atoms with E-state index in [4.69, 9.17) is 0 Å². The van der Waals surface area contributed by atoms with Gasteiger partial charge in [0.1, 0.15) is 5.82 Å². The van der Waals surface area contributed by atoms with E-state index in [0.717, 1.165) is 15.6 Å². The van der Waals surface area contributed by atoms with Crippen molar-refractivity contribution in [1.29, 1.82) is 0 Å². The summed E-state index contributed by atoms with van der Waals surface area (Å²) in [7, 11) is 1.92. The van der Waals surface area contributed by atoms with Crippen LogP contribution in [0.4, 0.5) is 4.39 Å². The average molecular weight is 322 g/mol. The molecule has 1 nitrogen and oxygen atoms in total. The maximum atomic E-state index is 13.2. The fourth-order valence-corrected chi connectivity index (χ4v) is 3.02. The number of halogens is 2. The summed E-state index contributed by atoms with van der Waals surface area (Å²) in [5, 5.41) is 3.31. The van der Waals surface area contributed by atoms with Crippen LogP contribution in [0.5, 0.6) is 0 Å². The largest absolute Gasteiger partial charge is 0.309 e. The Kier molecular flexibility index (Phi) is 4.38. The summed E-state index contributed by atoms with van der Waals surface area (Å²) in [5.74, 6) is -0.193. The van der Waals surface area contributed by atoms with Gasteiger partial charge in [0.15, 0.2) is 0 Å². The first kappa shape index (κ1) is 14.2. The van der Waals surface area contributed by atoms with E-state index in [1.807, 2.05) is 20.0 Å². The lowest BCUT2D eigenvalue weighted by Gasteiger charge is -2.20. The second-order valence-electron chi connectivity index (χ2n) is 4.78. The fourth-order valence-electron chi connectivity index (χ4n) is 2.40. The Hall–Kier alpha value is -1.19. The van der Waals surface area contributed by atoms with E-state index in [1.165, 1.54) is 17.2 Å². The Morgan fingerprint density at radius 1 is 1.11 bits per heavy atom. The minimum Gasteiger partial charge on any atom is -0.309 e. The Balaban J connectivity index is 2.49. The third-order valence-electron chi connectivity index (χ3n) is 3.23. The Bertz CT molecular complexity index is 575. The van der Waals surface area contributed by atoms with Gasteiger partial charge in [-0.2, -0.15) is 0 Å². The van der Waals surface area contributed by atoms with Crippen molar-refractivity contribution in [2.45, 2.75) is 19.9 Å². The molecule has 0 heterocycles. The monoisotopic (exact) mass is 321 g/mol.